The molecule has 1 aromatic carbocycles. The van der Waals surface area contributed by atoms with Crippen LogP contribution in [0.15, 0.2) is 67.1 Å². The molecule has 6 heteroatoms. The maximum absolute atomic E-state index is 13.0. The Bertz CT molecular complexity index is 1120. The quantitative estimate of drug-likeness (QED) is 0.579. The van der Waals surface area contributed by atoms with Crippen molar-refractivity contribution in [1.82, 2.24) is 14.5 Å². The van der Waals surface area contributed by atoms with E-state index >= 15 is 0 Å². The first-order chi connectivity index (χ1) is 13.1. The van der Waals surface area contributed by atoms with Crippen LogP contribution in [0.25, 0.3) is 22.3 Å². The number of aromatic nitrogens is 3. The summed E-state index contributed by atoms with van der Waals surface area (Å²) in [4.78, 5) is 19.8. The van der Waals surface area contributed by atoms with E-state index in [9.17, 15) is 9.18 Å². The van der Waals surface area contributed by atoms with Gasteiger partial charge < -0.3 is 9.67 Å². The molecule has 0 amide bonds. The minimum atomic E-state index is -0.994. The number of carboxylic acids is 1. The van der Waals surface area contributed by atoms with Gasteiger partial charge in [0.15, 0.2) is 0 Å². The molecule has 0 atom stereocenters. The average molecular weight is 361 g/mol. The second-order valence-electron chi connectivity index (χ2n) is 6.25. The topological polar surface area (TPSA) is 68.0 Å². The fourth-order valence-electron chi connectivity index (χ4n) is 3.03. The number of hydrogen-bond donors (Lipinski definition) is 1. The number of halogens is 1. The predicted molar refractivity (Wildman–Crippen MR) is 100 cm³/mol. The van der Waals surface area contributed by atoms with E-state index in [0.717, 1.165) is 29.4 Å². The van der Waals surface area contributed by atoms with Crippen molar-refractivity contribution in [1.29, 1.82) is 0 Å². The molecule has 27 heavy (non-hydrogen) atoms. The van der Waals surface area contributed by atoms with Gasteiger partial charge in [0.05, 0.1) is 28.7 Å². The van der Waals surface area contributed by atoms with Gasteiger partial charge in [-0.2, -0.15) is 0 Å². The van der Waals surface area contributed by atoms with Gasteiger partial charge in [0.2, 0.25) is 0 Å². The molecular formula is C21H16FN3O2. The molecule has 3 heterocycles. The molecule has 0 aliphatic rings. The Morgan fingerprint density at radius 1 is 1.04 bits per heavy atom. The number of fused-ring (bicyclic) bond motifs is 1. The van der Waals surface area contributed by atoms with Gasteiger partial charge in [-0.3, -0.25) is 9.97 Å². The number of aromatic carboxylic acids is 1. The monoisotopic (exact) mass is 361 g/mol. The highest BCUT2D eigenvalue weighted by Gasteiger charge is 2.09. The maximum atomic E-state index is 13.0. The number of pyridine rings is 2. The molecule has 0 radical (unpaired) electrons. The molecule has 3 aromatic heterocycles. The van der Waals surface area contributed by atoms with Gasteiger partial charge in [0.1, 0.15) is 5.82 Å². The molecule has 0 bridgehead atoms. The highest BCUT2D eigenvalue weighted by atomic mass is 19.1. The smallest absolute Gasteiger partial charge is 0.335 e. The first-order valence-corrected chi connectivity index (χ1v) is 8.49. The summed E-state index contributed by atoms with van der Waals surface area (Å²) in [6.07, 6.45) is 6.01. The first kappa shape index (κ1) is 16.9. The van der Waals surface area contributed by atoms with Crippen molar-refractivity contribution in [2.24, 2.45) is 0 Å². The van der Waals surface area contributed by atoms with Gasteiger partial charge in [-0.1, -0.05) is 12.1 Å². The van der Waals surface area contributed by atoms with E-state index in [4.69, 9.17) is 5.11 Å². The summed E-state index contributed by atoms with van der Waals surface area (Å²) >= 11 is 0. The number of carboxylic acid groups (broad SMARTS) is 1. The van der Waals surface area contributed by atoms with E-state index in [-0.39, 0.29) is 11.4 Å². The Morgan fingerprint density at radius 2 is 1.81 bits per heavy atom. The Kier molecular flexibility index (Phi) is 4.38. The fraction of sp³-hybridized carbons (Fsp3) is 0.0952. The van der Waals surface area contributed by atoms with Crippen molar-refractivity contribution in [3.05, 3.63) is 84.1 Å². The molecule has 0 saturated carbocycles. The number of carbonyl (C=O) groups is 1. The summed E-state index contributed by atoms with van der Waals surface area (Å²) in [7, 11) is 0. The Hall–Kier alpha value is -3.54. The van der Waals surface area contributed by atoms with Crippen molar-refractivity contribution in [3.63, 3.8) is 0 Å². The lowest BCUT2D eigenvalue weighted by molar-refractivity contribution is 0.0697. The Balaban J connectivity index is 1.59. The predicted octanol–water partition coefficient (Wildman–Crippen LogP) is 4.18. The van der Waals surface area contributed by atoms with Crippen LogP contribution in [-0.4, -0.2) is 25.6 Å². The second-order valence-corrected chi connectivity index (χ2v) is 6.25. The largest absolute Gasteiger partial charge is 0.478 e. The van der Waals surface area contributed by atoms with Gasteiger partial charge in [-0.15, -0.1) is 0 Å². The van der Waals surface area contributed by atoms with Crippen LogP contribution in [0.4, 0.5) is 4.39 Å². The summed E-state index contributed by atoms with van der Waals surface area (Å²) in [5.74, 6) is -1.23. The molecule has 4 rings (SSSR count). The van der Waals surface area contributed by atoms with E-state index in [1.165, 1.54) is 30.5 Å². The average Bonchev–Trinajstić information content (AvgIpc) is 3.10. The molecular weight excluding hydrogens is 345 g/mol. The summed E-state index contributed by atoms with van der Waals surface area (Å²) in [6, 6.07) is 13.4. The lowest BCUT2D eigenvalue weighted by Gasteiger charge is -2.07. The van der Waals surface area contributed by atoms with E-state index < -0.39 is 5.97 Å². The maximum Gasteiger partial charge on any atom is 0.335 e. The van der Waals surface area contributed by atoms with Crippen molar-refractivity contribution in [3.8, 4) is 11.4 Å². The molecule has 4 aromatic rings. The lowest BCUT2D eigenvalue weighted by Crippen LogP contribution is -2.00. The van der Waals surface area contributed by atoms with E-state index in [0.29, 0.717) is 11.4 Å². The molecule has 5 nitrogen and oxygen atoms in total. The summed E-state index contributed by atoms with van der Waals surface area (Å²) in [6.45, 7) is 0.753. The highest BCUT2D eigenvalue weighted by Crippen LogP contribution is 2.22. The van der Waals surface area contributed by atoms with Gasteiger partial charge in [-0.25, -0.2) is 9.18 Å². The van der Waals surface area contributed by atoms with Crippen molar-refractivity contribution < 1.29 is 14.3 Å². The van der Waals surface area contributed by atoms with Gasteiger partial charge in [0, 0.05) is 24.3 Å². The molecule has 1 N–H and O–H groups in total. The number of nitrogens with zero attached hydrogens (tertiary/aromatic N) is 3. The summed E-state index contributed by atoms with van der Waals surface area (Å²) in [5.41, 5.74) is 3.38. The van der Waals surface area contributed by atoms with E-state index in [1.54, 1.807) is 18.3 Å². The van der Waals surface area contributed by atoms with Gasteiger partial charge in [-0.05, 0) is 48.4 Å². The molecule has 0 fully saturated rings. The summed E-state index contributed by atoms with van der Waals surface area (Å²) < 4.78 is 15.1. The van der Waals surface area contributed by atoms with Gasteiger partial charge >= 0.3 is 5.97 Å². The molecule has 0 aliphatic heterocycles. The third-order valence-electron chi connectivity index (χ3n) is 4.48. The lowest BCUT2D eigenvalue weighted by atomic mass is 10.1. The zero-order valence-electron chi connectivity index (χ0n) is 14.3. The van der Waals surface area contributed by atoms with Crippen LogP contribution >= 0.6 is 0 Å². The van der Waals surface area contributed by atoms with Crippen LogP contribution < -0.4 is 0 Å². The van der Waals surface area contributed by atoms with Crippen LogP contribution in [-0.2, 0) is 13.0 Å². The number of benzene rings is 1. The molecule has 0 spiro atoms. The van der Waals surface area contributed by atoms with Gasteiger partial charge in [0.25, 0.3) is 0 Å². The van der Waals surface area contributed by atoms with E-state index in [2.05, 4.69) is 14.5 Å². The van der Waals surface area contributed by atoms with Crippen LogP contribution in [0, 0.1) is 5.82 Å². The van der Waals surface area contributed by atoms with Crippen molar-refractivity contribution >= 4 is 16.9 Å². The molecule has 0 aliphatic carbocycles. The standard InChI is InChI=1S/C21H16FN3O2/c22-17-3-1-14(2-4-17)6-9-25-10-7-15-11-19(24-13-20(15)25)18-12-16(21(26)27)5-8-23-18/h1-5,7-8,10-13H,6,9H2,(H,26,27). The second kappa shape index (κ2) is 6.99. The third kappa shape index (κ3) is 3.55. The summed E-state index contributed by atoms with van der Waals surface area (Å²) in [5, 5.41) is 10.1. The number of rotatable bonds is 5. The molecule has 134 valence electrons. The minimum Gasteiger partial charge on any atom is -0.478 e. The number of aryl methyl sites for hydroxylation is 2. The Morgan fingerprint density at radius 3 is 2.59 bits per heavy atom. The van der Waals surface area contributed by atoms with Crippen molar-refractivity contribution in [2.75, 3.05) is 0 Å². The number of hydrogen-bond acceptors (Lipinski definition) is 3. The normalized spacial score (nSPS) is 11.0. The zero-order chi connectivity index (χ0) is 18.8. The van der Waals surface area contributed by atoms with Crippen LogP contribution in [0.2, 0.25) is 0 Å². The first-order valence-electron chi connectivity index (χ1n) is 8.49. The molecule has 0 unspecified atom stereocenters. The Labute approximate surface area is 154 Å². The zero-order valence-corrected chi connectivity index (χ0v) is 14.3. The minimum absolute atomic E-state index is 0.179. The van der Waals surface area contributed by atoms with Crippen molar-refractivity contribution in [2.45, 2.75) is 13.0 Å². The van der Waals surface area contributed by atoms with Crippen LogP contribution in [0.3, 0.4) is 0 Å². The fourth-order valence-corrected chi connectivity index (χ4v) is 3.03. The van der Waals surface area contributed by atoms with E-state index in [1.807, 2.05) is 18.3 Å². The highest BCUT2D eigenvalue weighted by molar-refractivity contribution is 5.89. The van der Waals surface area contributed by atoms with Crippen LogP contribution in [0.1, 0.15) is 15.9 Å². The molecule has 0 saturated heterocycles. The van der Waals surface area contributed by atoms with Crippen LogP contribution in [0.5, 0.6) is 0 Å². The SMILES string of the molecule is O=C(O)c1ccnc(-c2cc3ccn(CCc4ccc(F)cc4)c3cn2)c1. The third-order valence-corrected chi connectivity index (χ3v) is 4.48.